The third kappa shape index (κ3) is 3.35. The molecule has 0 aromatic heterocycles. The molecule has 0 atom stereocenters. The molecule has 2 aromatic rings. The van der Waals surface area contributed by atoms with Crippen molar-refractivity contribution in [3.63, 3.8) is 0 Å². The molecule has 2 aromatic carbocycles. The summed E-state index contributed by atoms with van der Waals surface area (Å²) in [6.45, 7) is 8.80. The van der Waals surface area contributed by atoms with Gasteiger partial charge in [-0.15, -0.1) is 0 Å². The predicted octanol–water partition coefficient (Wildman–Crippen LogP) is 3.95. The zero-order chi connectivity index (χ0) is 20.7. The van der Waals surface area contributed by atoms with Gasteiger partial charge in [-0.1, -0.05) is 50.2 Å². The van der Waals surface area contributed by atoms with Gasteiger partial charge >= 0.3 is 0 Å². The van der Waals surface area contributed by atoms with Gasteiger partial charge in [0.05, 0.1) is 0 Å². The maximum absolute atomic E-state index is 12.8. The van der Waals surface area contributed by atoms with Crippen LogP contribution in [0.25, 0.3) is 0 Å². The molecule has 5 nitrogen and oxygen atoms in total. The first-order valence-electron chi connectivity index (χ1n) is 11.0. The second-order valence-corrected chi connectivity index (χ2v) is 9.21. The topological polar surface area (TPSA) is 42.0 Å². The second-order valence-electron chi connectivity index (χ2n) is 9.21. The van der Waals surface area contributed by atoms with E-state index in [1.54, 1.807) is 0 Å². The lowest BCUT2D eigenvalue weighted by Crippen LogP contribution is -2.53. The number of benzene rings is 2. The summed E-state index contributed by atoms with van der Waals surface area (Å²) < 4.78 is 11.2. The molecule has 1 amide bonds. The van der Waals surface area contributed by atoms with Gasteiger partial charge in [-0.3, -0.25) is 9.69 Å². The van der Waals surface area contributed by atoms with Gasteiger partial charge in [0.2, 0.25) is 12.7 Å². The van der Waals surface area contributed by atoms with E-state index in [1.807, 2.05) is 26.0 Å². The van der Waals surface area contributed by atoms with Crippen molar-refractivity contribution in [2.45, 2.75) is 45.2 Å². The quantitative estimate of drug-likeness (QED) is 0.774. The van der Waals surface area contributed by atoms with Crippen molar-refractivity contribution in [2.24, 2.45) is 5.92 Å². The number of carbonyl (C=O) groups excluding carboxylic acids is 1. The van der Waals surface area contributed by atoms with Crippen molar-refractivity contribution in [3.8, 4) is 11.5 Å². The fraction of sp³-hybridized carbons (Fsp3) is 0.480. The minimum Gasteiger partial charge on any atom is -0.454 e. The van der Waals surface area contributed by atoms with E-state index in [0.29, 0.717) is 6.79 Å². The molecule has 5 rings (SSSR count). The van der Waals surface area contributed by atoms with Crippen molar-refractivity contribution in [1.82, 2.24) is 9.80 Å². The van der Waals surface area contributed by atoms with Gasteiger partial charge in [-0.2, -0.15) is 0 Å². The summed E-state index contributed by atoms with van der Waals surface area (Å²) in [6, 6.07) is 14.9. The molecule has 1 fully saturated rings. The van der Waals surface area contributed by atoms with Gasteiger partial charge in [0.15, 0.2) is 11.5 Å². The Balaban J connectivity index is 1.35. The molecule has 158 valence electrons. The zero-order valence-corrected chi connectivity index (χ0v) is 17.9. The summed E-state index contributed by atoms with van der Waals surface area (Å²) in [5, 5.41) is 0. The van der Waals surface area contributed by atoms with Crippen LogP contribution in [0.4, 0.5) is 0 Å². The summed E-state index contributed by atoms with van der Waals surface area (Å²) >= 11 is 0. The van der Waals surface area contributed by atoms with E-state index in [0.717, 1.165) is 57.1 Å². The first kappa shape index (κ1) is 19.4. The van der Waals surface area contributed by atoms with Crippen LogP contribution in [0.2, 0.25) is 0 Å². The highest BCUT2D eigenvalue weighted by atomic mass is 16.7. The predicted molar refractivity (Wildman–Crippen MR) is 115 cm³/mol. The molecule has 30 heavy (non-hydrogen) atoms. The van der Waals surface area contributed by atoms with Gasteiger partial charge in [0, 0.05) is 36.5 Å². The molecule has 0 aliphatic carbocycles. The van der Waals surface area contributed by atoms with Crippen LogP contribution in [0, 0.1) is 5.92 Å². The lowest BCUT2D eigenvalue weighted by molar-refractivity contribution is -0.137. The van der Waals surface area contributed by atoms with Gasteiger partial charge in [0.1, 0.15) is 0 Å². The average Bonchev–Trinajstić information content (AvgIpc) is 3.25. The summed E-state index contributed by atoms with van der Waals surface area (Å²) in [5.74, 6) is 2.05. The van der Waals surface area contributed by atoms with Crippen LogP contribution in [-0.2, 0) is 23.3 Å². The van der Waals surface area contributed by atoms with Crippen LogP contribution in [0.1, 0.15) is 43.4 Å². The van der Waals surface area contributed by atoms with E-state index < -0.39 is 0 Å². The number of hydrogen-bond acceptors (Lipinski definition) is 4. The molecule has 0 radical (unpaired) electrons. The Hall–Kier alpha value is -2.53. The fourth-order valence-corrected chi connectivity index (χ4v) is 5.33. The number of para-hydroxylation sites is 1. The molecule has 0 saturated carbocycles. The molecule has 5 heteroatoms. The molecule has 0 bridgehead atoms. The number of rotatable bonds is 3. The summed E-state index contributed by atoms with van der Waals surface area (Å²) in [5.41, 5.74) is 4.03. The Morgan fingerprint density at radius 1 is 1.07 bits per heavy atom. The summed E-state index contributed by atoms with van der Waals surface area (Å²) in [4.78, 5) is 17.4. The number of fused-ring (bicyclic) bond motifs is 3. The highest BCUT2D eigenvalue weighted by molar-refractivity contribution is 5.78. The third-order valence-electron chi connectivity index (χ3n) is 6.93. The van der Waals surface area contributed by atoms with Gasteiger partial charge in [-0.05, 0) is 43.1 Å². The van der Waals surface area contributed by atoms with Crippen molar-refractivity contribution >= 4 is 5.91 Å². The fourth-order valence-electron chi connectivity index (χ4n) is 5.33. The Bertz CT molecular complexity index is 947. The molecule has 3 heterocycles. The Morgan fingerprint density at radius 3 is 2.67 bits per heavy atom. The molecular formula is C25H30N2O3. The van der Waals surface area contributed by atoms with E-state index in [2.05, 4.69) is 40.1 Å². The number of likely N-dealkylation sites (tertiary alicyclic amines) is 1. The first-order valence-corrected chi connectivity index (χ1v) is 11.0. The van der Waals surface area contributed by atoms with E-state index in [9.17, 15) is 4.79 Å². The van der Waals surface area contributed by atoms with Crippen molar-refractivity contribution in [2.75, 3.05) is 26.4 Å². The zero-order valence-electron chi connectivity index (χ0n) is 17.9. The van der Waals surface area contributed by atoms with Crippen molar-refractivity contribution < 1.29 is 14.3 Å². The summed E-state index contributed by atoms with van der Waals surface area (Å²) in [6.07, 6.45) is 2.14. The Morgan fingerprint density at radius 2 is 1.87 bits per heavy atom. The van der Waals surface area contributed by atoms with Crippen LogP contribution in [0.5, 0.6) is 11.5 Å². The van der Waals surface area contributed by atoms with Gasteiger partial charge < -0.3 is 14.4 Å². The number of nitrogens with zero attached hydrogens (tertiary/aromatic N) is 2. The molecule has 3 aliphatic rings. The van der Waals surface area contributed by atoms with E-state index >= 15 is 0 Å². The monoisotopic (exact) mass is 406 g/mol. The number of amides is 1. The second kappa shape index (κ2) is 7.62. The number of ether oxygens (including phenoxy) is 2. The number of hydrogen-bond donors (Lipinski definition) is 0. The van der Waals surface area contributed by atoms with Crippen LogP contribution in [0.15, 0.2) is 42.5 Å². The maximum atomic E-state index is 12.8. The van der Waals surface area contributed by atoms with E-state index in [1.165, 1.54) is 16.7 Å². The minimum absolute atomic E-state index is 0.0368. The minimum atomic E-state index is 0.0368. The van der Waals surface area contributed by atoms with Crippen LogP contribution >= 0.6 is 0 Å². The Kier molecular flexibility index (Phi) is 4.94. The number of piperidine rings is 1. The van der Waals surface area contributed by atoms with Crippen LogP contribution in [-0.4, -0.2) is 42.1 Å². The van der Waals surface area contributed by atoms with Crippen LogP contribution < -0.4 is 9.47 Å². The molecule has 0 N–H and O–H groups in total. The first-order chi connectivity index (χ1) is 14.6. The highest BCUT2D eigenvalue weighted by Crippen LogP contribution is 2.43. The van der Waals surface area contributed by atoms with Crippen molar-refractivity contribution in [3.05, 3.63) is 59.2 Å². The largest absolute Gasteiger partial charge is 0.454 e. The summed E-state index contributed by atoms with van der Waals surface area (Å²) in [7, 11) is 0. The maximum Gasteiger partial charge on any atom is 0.231 e. The normalized spacial score (nSPS) is 19.9. The standard InChI is InChI=1S/C25H30N2O3/c1-18(2)24(28)27-15-19-6-3-4-8-21(19)25(16-27)10-12-26(13-11-25)14-20-7-5-9-22-23(20)30-17-29-22/h3-9,18H,10-17H2,1-2H3. The molecule has 0 unspecified atom stereocenters. The molecular weight excluding hydrogens is 376 g/mol. The number of carbonyl (C=O) groups is 1. The van der Waals surface area contributed by atoms with Gasteiger partial charge in [-0.25, -0.2) is 0 Å². The lowest BCUT2D eigenvalue weighted by atomic mass is 9.68. The molecule has 1 spiro atoms. The highest BCUT2D eigenvalue weighted by Gasteiger charge is 2.43. The average molecular weight is 407 g/mol. The lowest BCUT2D eigenvalue weighted by Gasteiger charge is -2.49. The van der Waals surface area contributed by atoms with E-state index in [4.69, 9.17) is 9.47 Å². The smallest absolute Gasteiger partial charge is 0.231 e. The van der Waals surface area contributed by atoms with E-state index in [-0.39, 0.29) is 17.2 Å². The van der Waals surface area contributed by atoms with Crippen LogP contribution in [0.3, 0.4) is 0 Å². The van der Waals surface area contributed by atoms with Crippen molar-refractivity contribution in [1.29, 1.82) is 0 Å². The molecule has 1 saturated heterocycles. The SMILES string of the molecule is CC(C)C(=O)N1Cc2ccccc2C2(CCN(Cc3cccc4c3OCO4)CC2)C1. The Labute approximate surface area is 178 Å². The van der Waals surface area contributed by atoms with Gasteiger partial charge in [0.25, 0.3) is 0 Å². The third-order valence-corrected chi connectivity index (χ3v) is 6.93. The molecule has 3 aliphatic heterocycles.